The first-order chi connectivity index (χ1) is 19.0. The van der Waals surface area contributed by atoms with E-state index in [1.807, 2.05) is 25.1 Å². The van der Waals surface area contributed by atoms with Gasteiger partial charge in [-0.3, -0.25) is 14.6 Å². The lowest BCUT2D eigenvalue weighted by atomic mass is 9.80. The van der Waals surface area contributed by atoms with Gasteiger partial charge in [0.05, 0.1) is 42.2 Å². The summed E-state index contributed by atoms with van der Waals surface area (Å²) in [7, 11) is 5.39. The second-order valence-electron chi connectivity index (χ2n) is 10.2. The molecular formula is C29H26Cl2N6O3. The Balaban J connectivity index is 1.52. The summed E-state index contributed by atoms with van der Waals surface area (Å²) in [6.07, 6.45) is 1.75. The minimum Gasteiger partial charge on any atom is -0.376 e. The van der Waals surface area contributed by atoms with E-state index in [1.165, 1.54) is 23.1 Å². The van der Waals surface area contributed by atoms with E-state index in [0.29, 0.717) is 11.3 Å². The number of likely N-dealkylation sites (tertiary alicyclic amines) is 1. The quantitative estimate of drug-likeness (QED) is 0.419. The number of hydrogen-bond acceptors (Lipinski definition) is 6. The molecule has 2 aliphatic rings. The maximum absolute atomic E-state index is 14.3. The van der Waals surface area contributed by atoms with Gasteiger partial charge in [0.2, 0.25) is 5.91 Å². The number of nitriles is 1. The van der Waals surface area contributed by atoms with Crippen LogP contribution in [0.1, 0.15) is 22.7 Å². The van der Waals surface area contributed by atoms with E-state index in [1.54, 1.807) is 48.5 Å². The molecule has 0 bridgehead atoms. The monoisotopic (exact) mass is 576 g/mol. The fraction of sp³-hybridized carbons (Fsp3) is 0.276. The largest absolute Gasteiger partial charge is 0.376 e. The summed E-state index contributed by atoms with van der Waals surface area (Å²) in [4.78, 5) is 51.9. The summed E-state index contributed by atoms with van der Waals surface area (Å²) in [6.45, 7) is 0.201. The lowest BCUT2D eigenvalue weighted by molar-refractivity contribution is -0.130. The average Bonchev–Trinajstić information content (AvgIpc) is 3.41. The van der Waals surface area contributed by atoms with Crippen molar-refractivity contribution in [2.24, 2.45) is 0 Å². The normalized spacial score (nSPS) is 20.4. The molecule has 2 saturated heterocycles. The molecule has 9 nitrogen and oxygen atoms in total. The van der Waals surface area contributed by atoms with E-state index >= 15 is 0 Å². The molecule has 0 unspecified atom stereocenters. The highest BCUT2D eigenvalue weighted by atomic mass is 35.5. The van der Waals surface area contributed by atoms with Gasteiger partial charge < -0.3 is 14.7 Å². The molecule has 3 aromatic rings. The number of carbonyl (C=O) groups is 3. The molecule has 1 aromatic heterocycles. The third kappa shape index (κ3) is 4.63. The van der Waals surface area contributed by atoms with Crippen molar-refractivity contribution in [3.05, 3.63) is 87.7 Å². The fourth-order valence-corrected chi connectivity index (χ4v) is 5.96. The summed E-state index contributed by atoms with van der Waals surface area (Å²) in [6, 6.07) is 16.7. The van der Waals surface area contributed by atoms with Crippen LogP contribution in [0, 0.1) is 11.3 Å². The summed E-state index contributed by atoms with van der Waals surface area (Å²) in [5.74, 6) is -1.23. The molecule has 1 spiro atoms. The van der Waals surface area contributed by atoms with Crippen molar-refractivity contribution < 1.29 is 14.4 Å². The van der Waals surface area contributed by atoms with E-state index in [9.17, 15) is 19.6 Å². The molecule has 11 heteroatoms. The summed E-state index contributed by atoms with van der Waals surface area (Å²) in [5, 5.41) is 9.85. The van der Waals surface area contributed by atoms with E-state index in [2.05, 4.69) is 11.1 Å². The Kier molecular flexibility index (Phi) is 7.17. The molecule has 0 N–H and O–H groups in total. The zero-order valence-electron chi connectivity index (χ0n) is 22.1. The number of pyridine rings is 1. The van der Waals surface area contributed by atoms with Crippen LogP contribution < -0.4 is 9.80 Å². The molecule has 3 heterocycles. The maximum atomic E-state index is 14.3. The zero-order chi connectivity index (χ0) is 28.8. The van der Waals surface area contributed by atoms with Gasteiger partial charge in [0.1, 0.15) is 5.54 Å². The lowest BCUT2D eigenvalue weighted by Crippen LogP contribution is -2.54. The van der Waals surface area contributed by atoms with Gasteiger partial charge in [-0.25, -0.2) is 9.69 Å². The van der Waals surface area contributed by atoms with Crippen LogP contribution >= 0.6 is 23.2 Å². The molecule has 4 amide bonds. The number of rotatable bonds is 5. The molecular weight excluding hydrogens is 551 g/mol. The Bertz CT molecular complexity index is 1520. The van der Waals surface area contributed by atoms with Crippen molar-refractivity contribution in [2.75, 3.05) is 44.0 Å². The highest BCUT2D eigenvalue weighted by Crippen LogP contribution is 2.46. The third-order valence-electron chi connectivity index (χ3n) is 7.62. The minimum absolute atomic E-state index is 0.00183. The Hall–Kier alpha value is -4.13. The highest BCUT2D eigenvalue weighted by molar-refractivity contribution is 6.35. The lowest BCUT2D eigenvalue weighted by Gasteiger charge is -2.33. The molecule has 0 radical (unpaired) electrons. The van der Waals surface area contributed by atoms with E-state index < -0.39 is 23.4 Å². The van der Waals surface area contributed by atoms with Crippen LogP contribution in [-0.4, -0.2) is 72.4 Å². The zero-order valence-corrected chi connectivity index (χ0v) is 23.6. The van der Waals surface area contributed by atoms with Gasteiger partial charge in [-0.15, -0.1) is 0 Å². The number of amides is 4. The average molecular weight is 577 g/mol. The van der Waals surface area contributed by atoms with Crippen molar-refractivity contribution in [1.82, 2.24) is 14.8 Å². The van der Waals surface area contributed by atoms with E-state index in [4.69, 9.17) is 23.2 Å². The number of likely N-dealkylation sites (N-methyl/N-ethyl adjacent to an activating group) is 1. The van der Waals surface area contributed by atoms with Crippen LogP contribution in [0.5, 0.6) is 0 Å². The number of imide groups is 1. The first-order valence-electron chi connectivity index (χ1n) is 12.5. The Labute approximate surface area is 242 Å². The molecule has 0 saturated carbocycles. The van der Waals surface area contributed by atoms with Crippen molar-refractivity contribution in [3.8, 4) is 6.07 Å². The number of benzene rings is 2. The van der Waals surface area contributed by atoms with Crippen LogP contribution in [0.3, 0.4) is 0 Å². The van der Waals surface area contributed by atoms with Crippen LogP contribution in [0.15, 0.2) is 60.8 Å². The highest BCUT2D eigenvalue weighted by Gasteiger charge is 2.65. The number of aromatic nitrogens is 1. The van der Waals surface area contributed by atoms with Gasteiger partial charge >= 0.3 is 6.03 Å². The topological polar surface area (TPSA) is 101 Å². The van der Waals surface area contributed by atoms with Gasteiger partial charge in [-0.2, -0.15) is 5.26 Å². The summed E-state index contributed by atoms with van der Waals surface area (Å²) >= 11 is 12.4. The Morgan fingerprint density at radius 1 is 1.10 bits per heavy atom. The number of hydrogen-bond donors (Lipinski definition) is 0. The van der Waals surface area contributed by atoms with Crippen molar-refractivity contribution in [1.29, 1.82) is 5.26 Å². The molecule has 40 heavy (non-hydrogen) atoms. The van der Waals surface area contributed by atoms with Crippen molar-refractivity contribution >= 4 is 52.4 Å². The molecule has 204 valence electrons. The Morgan fingerprint density at radius 3 is 2.35 bits per heavy atom. The fourth-order valence-electron chi connectivity index (χ4n) is 5.45. The van der Waals surface area contributed by atoms with Gasteiger partial charge in [0.15, 0.2) is 0 Å². The van der Waals surface area contributed by atoms with Gasteiger partial charge in [0, 0.05) is 49.3 Å². The SMILES string of the molecule is CN(C)c1ccc(CC(=O)N2C[C@@H](c3ccc(C#N)cc3)[C@]3(C2)C(=O)N(c2cc(Cl)cc(Cl)c2)C(=O)N3C)nc1. The van der Waals surface area contributed by atoms with Gasteiger partial charge in [0.25, 0.3) is 5.91 Å². The number of halogens is 2. The minimum atomic E-state index is -1.38. The second-order valence-corrected chi connectivity index (χ2v) is 11.0. The maximum Gasteiger partial charge on any atom is 0.332 e. The number of carbonyl (C=O) groups excluding carboxylic acids is 3. The van der Waals surface area contributed by atoms with Crippen LogP contribution in [0.2, 0.25) is 10.0 Å². The molecule has 2 atom stereocenters. The molecule has 0 aliphatic carbocycles. The number of urea groups is 1. The van der Waals surface area contributed by atoms with Crippen LogP contribution in [-0.2, 0) is 16.0 Å². The number of anilines is 2. The summed E-state index contributed by atoms with van der Waals surface area (Å²) < 4.78 is 0. The van der Waals surface area contributed by atoms with E-state index in [0.717, 1.165) is 16.2 Å². The summed E-state index contributed by atoms with van der Waals surface area (Å²) in [5.41, 5.74) is 1.59. The number of nitrogens with zero attached hydrogens (tertiary/aromatic N) is 6. The van der Waals surface area contributed by atoms with Gasteiger partial charge in [-0.05, 0) is 48.0 Å². The second kappa shape index (κ2) is 10.5. The van der Waals surface area contributed by atoms with Crippen molar-refractivity contribution in [2.45, 2.75) is 17.9 Å². The standard InChI is InChI=1S/C29H26Cl2N6O3/c1-34(2)23-9-8-22(33-15-23)13-26(38)36-16-25(19-6-4-18(14-32)5-7-19)29(17-36)27(39)37(28(40)35(29)3)24-11-20(30)10-21(31)12-24/h4-12,15,25H,13,16-17H2,1-3H3/t25-,29+/m0/s1. The first kappa shape index (κ1) is 27.4. The predicted molar refractivity (Wildman–Crippen MR) is 153 cm³/mol. The smallest absolute Gasteiger partial charge is 0.332 e. The van der Waals surface area contributed by atoms with Crippen LogP contribution in [0.4, 0.5) is 16.2 Å². The molecule has 2 fully saturated rings. The van der Waals surface area contributed by atoms with Crippen LogP contribution in [0.25, 0.3) is 0 Å². The Morgan fingerprint density at radius 2 is 1.77 bits per heavy atom. The van der Waals surface area contributed by atoms with Crippen molar-refractivity contribution in [3.63, 3.8) is 0 Å². The first-order valence-corrected chi connectivity index (χ1v) is 13.3. The molecule has 2 aliphatic heterocycles. The molecule has 2 aromatic carbocycles. The molecule has 5 rings (SSSR count). The van der Waals surface area contributed by atoms with E-state index in [-0.39, 0.29) is 41.2 Å². The predicted octanol–water partition coefficient (Wildman–Crippen LogP) is 4.33. The third-order valence-corrected chi connectivity index (χ3v) is 8.06. The van der Waals surface area contributed by atoms with Gasteiger partial charge in [-0.1, -0.05) is 35.3 Å².